The molecule has 0 saturated heterocycles. The Morgan fingerprint density at radius 3 is 2.76 bits per heavy atom. The van der Waals surface area contributed by atoms with Crippen LogP contribution in [0.4, 0.5) is 11.7 Å². The summed E-state index contributed by atoms with van der Waals surface area (Å²) in [4.78, 5) is 15.8. The van der Waals surface area contributed by atoms with Gasteiger partial charge in [0.25, 0.3) is 5.91 Å². The summed E-state index contributed by atoms with van der Waals surface area (Å²) in [5, 5.41) is 9.68. The van der Waals surface area contributed by atoms with Crippen molar-refractivity contribution < 1.29 is 9.21 Å². The molecule has 0 unspecified atom stereocenters. The van der Waals surface area contributed by atoms with E-state index in [1.54, 1.807) is 19.9 Å². The zero-order chi connectivity index (χ0) is 12.4. The van der Waals surface area contributed by atoms with E-state index in [9.17, 15) is 4.79 Å². The Labute approximate surface area is 97.1 Å². The number of nitrogen functional groups attached to an aromatic ring is 1. The molecule has 0 saturated carbocycles. The third-order valence-corrected chi connectivity index (χ3v) is 2.06. The minimum atomic E-state index is -0.432. The van der Waals surface area contributed by atoms with Crippen LogP contribution in [-0.4, -0.2) is 21.1 Å². The second-order valence-electron chi connectivity index (χ2n) is 3.49. The number of hydrogen-bond donors (Lipinski definition) is 2. The van der Waals surface area contributed by atoms with Crippen LogP contribution in [0.15, 0.2) is 16.7 Å². The summed E-state index contributed by atoms with van der Waals surface area (Å²) in [5.74, 6) is -0.0612. The van der Waals surface area contributed by atoms with Gasteiger partial charge in [-0.2, -0.15) is 0 Å². The average Bonchev–Trinajstić information content (AvgIpc) is 2.63. The number of nitrogens with zero attached hydrogens (tertiary/aromatic N) is 3. The first-order valence-electron chi connectivity index (χ1n) is 4.90. The molecule has 3 N–H and O–H groups in total. The van der Waals surface area contributed by atoms with E-state index in [2.05, 4.69) is 20.5 Å². The minimum Gasteiger partial charge on any atom is -0.408 e. The van der Waals surface area contributed by atoms with E-state index in [0.717, 1.165) is 5.69 Å². The molecule has 7 heteroatoms. The number of pyridine rings is 1. The fourth-order valence-electron chi connectivity index (χ4n) is 1.28. The lowest BCUT2D eigenvalue weighted by atomic mass is 10.2. The van der Waals surface area contributed by atoms with Crippen molar-refractivity contribution in [2.45, 2.75) is 13.8 Å². The van der Waals surface area contributed by atoms with E-state index < -0.39 is 5.91 Å². The Morgan fingerprint density at radius 1 is 1.41 bits per heavy atom. The number of carbonyl (C=O) groups is 1. The Hall–Kier alpha value is -2.44. The van der Waals surface area contributed by atoms with Crippen LogP contribution in [0.1, 0.15) is 21.9 Å². The van der Waals surface area contributed by atoms with E-state index in [1.165, 1.54) is 6.20 Å². The molecule has 0 aliphatic carbocycles. The van der Waals surface area contributed by atoms with Crippen LogP contribution in [-0.2, 0) is 0 Å². The summed E-state index contributed by atoms with van der Waals surface area (Å²) >= 11 is 0. The van der Waals surface area contributed by atoms with Crippen molar-refractivity contribution >= 4 is 17.6 Å². The molecule has 0 fully saturated rings. The van der Waals surface area contributed by atoms with Crippen molar-refractivity contribution in [3.8, 4) is 0 Å². The number of hydrogen-bond acceptors (Lipinski definition) is 6. The van der Waals surface area contributed by atoms with Crippen LogP contribution in [0.3, 0.4) is 0 Å². The maximum atomic E-state index is 11.8. The van der Waals surface area contributed by atoms with Gasteiger partial charge in [0.15, 0.2) is 0 Å². The highest BCUT2D eigenvalue weighted by atomic mass is 16.4. The van der Waals surface area contributed by atoms with E-state index in [-0.39, 0.29) is 11.6 Å². The number of nitrogens with one attached hydrogen (secondary N) is 1. The van der Waals surface area contributed by atoms with Crippen molar-refractivity contribution in [2.24, 2.45) is 0 Å². The SMILES string of the molecule is Cc1cc(N)c(C(=O)Nc2nnc(C)o2)cn1. The van der Waals surface area contributed by atoms with Crippen LogP contribution in [0.25, 0.3) is 0 Å². The van der Waals surface area contributed by atoms with Gasteiger partial charge in [-0.05, 0) is 13.0 Å². The third-order valence-electron chi connectivity index (χ3n) is 2.06. The van der Waals surface area contributed by atoms with Gasteiger partial charge in [-0.1, -0.05) is 5.10 Å². The number of anilines is 2. The molecule has 2 rings (SSSR count). The number of rotatable bonds is 2. The molecule has 0 aliphatic rings. The van der Waals surface area contributed by atoms with Gasteiger partial charge >= 0.3 is 6.01 Å². The molecule has 0 spiro atoms. The van der Waals surface area contributed by atoms with Crippen LogP contribution in [0.5, 0.6) is 0 Å². The first kappa shape index (κ1) is 11.1. The highest BCUT2D eigenvalue weighted by molar-refractivity contribution is 6.06. The molecule has 1 amide bonds. The summed E-state index contributed by atoms with van der Waals surface area (Å²) in [7, 11) is 0. The van der Waals surface area contributed by atoms with E-state index in [1.807, 2.05) is 0 Å². The van der Waals surface area contributed by atoms with Gasteiger partial charge in [0, 0.05) is 24.5 Å². The van der Waals surface area contributed by atoms with Gasteiger partial charge in [-0.15, -0.1) is 5.10 Å². The molecule has 0 radical (unpaired) electrons. The second-order valence-corrected chi connectivity index (χ2v) is 3.49. The van der Waals surface area contributed by atoms with Gasteiger partial charge in [-0.25, -0.2) is 0 Å². The standard InChI is InChI=1S/C10H11N5O2/c1-5-3-8(11)7(4-12-5)9(16)13-10-15-14-6(2)17-10/h3-4H,1-2H3,(H2,11,12)(H,13,15,16). The molecule has 0 atom stereocenters. The maximum absolute atomic E-state index is 11.8. The van der Waals surface area contributed by atoms with Gasteiger partial charge < -0.3 is 10.2 Å². The van der Waals surface area contributed by atoms with Crippen LogP contribution >= 0.6 is 0 Å². The third kappa shape index (κ3) is 2.39. The highest BCUT2D eigenvalue weighted by Crippen LogP contribution is 2.13. The van der Waals surface area contributed by atoms with Crippen molar-refractivity contribution in [1.82, 2.24) is 15.2 Å². The zero-order valence-corrected chi connectivity index (χ0v) is 9.39. The summed E-state index contributed by atoms with van der Waals surface area (Å²) in [6.45, 7) is 3.42. The quantitative estimate of drug-likeness (QED) is 0.798. The average molecular weight is 233 g/mol. The van der Waals surface area contributed by atoms with Gasteiger partial charge in [-0.3, -0.25) is 15.1 Å². The highest BCUT2D eigenvalue weighted by Gasteiger charge is 2.13. The Morgan fingerprint density at radius 2 is 2.18 bits per heavy atom. The Balaban J connectivity index is 2.20. The molecule has 0 bridgehead atoms. The summed E-state index contributed by atoms with van der Waals surface area (Å²) in [6.07, 6.45) is 1.41. The van der Waals surface area contributed by atoms with Crippen molar-refractivity contribution in [1.29, 1.82) is 0 Å². The smallest absolute Gasteiger partial charge is 0.322 e. The van der Waals surface area contributed by atoms with Crippen molar-refractivity contribution in [3.05, 3.63) is 29.4 Å². The van der Waals surface area contributed by atoms with E-state index >= 15 is 0 Å². The lowest BCUT2D eigenvalue weighted by molar-refractivity contribution is 0.102. The van der Waals surface area contributed by atoms with Gasteiger partial charge in [0.1, 0.15) is 0 Å². The Bertz CT molecular complexity index is 564. The molecule has 2 heterocycles. The second kappa shape index (κ2) is 4.20. The lowest BCUT2D eigenvalue weighted by Gasteiger charge is -2.04. The predicted molar refractivity (Wildman–Crippen MR) is 60.4 cm³/mol. The summed E-state index contributed by atoms with van der Waals surface area (Å²) < 4.78 is 5.02. The summed E-state index contributed by atoms with van der Waals surface area (Å²) in [6, 6.07) is 1.65. The van der Waals surface area contributed by atoms with Crippen LogP contribution in [0.2, 0.25) is 0 Å². The number of nitrogens with two attached hydrogens (primary N) is 1. The van der Waals surface area contributed by atoms with Gasteiger partial charge in [0.05, 0.1) is 5.56 Å². The molecule has 88 valence electrons. The molecular formula is C10H11N5O2. The molecule has 0 aromatic carbocycles. The first-order valence-corrected chi connectivity index (χ1v) is 4.90. The zero-order valence-electron chi connectivity index (χ0n) is 9.39. The topological polar surface area (TPSA) is 107 Å². The summed E-state index contributed by atoms with van der Waals surface area (Å²) in [5.41, 5.74) is 7.08. The fourth-order valence-corrected chi connectivity index (χ4v) is 1.28. The maximum Gasteiger partial charge on any atom is 0.322 e. The van der Waals surface area contributed by atoms with Crippen LogP contribution < -0.4 is 11.1 Å². The normalized spacial score (nSPS) is 10.2. The van der Waals surface area contributed by atoms with Crippen molar-refractivity contribution in [2.75, 3.05) is 11.1 Å². The first-order chi connectivity index (χ1) is 8.06. The molecule has 17 heavy (non-hydrogen) atoms. The Kier molecular flexibility index (Phi) is 2.73. The molecular weight excluding hydrogens is 222 g/mol. The fraction of sp³-hybridized carbons (Fsp3) is 0.200. The minimum absolute atomic E-state index is 0.0347. The van der Waals surface area contributed by atoms with Crippen molar-refractivity contribution in [3.63, 3.8) is 0 Å². The van der Waals surface area contributed by atoms with E-state index in [4.69, 9.17) is 10.2 Å². The molecule has 2 aromatic rings. The van der Waals surface area contributed by atoms with E-state index in [0.29, 0.717) is 11.6 Å². The molecule has 0 aliphatic heterocycles. The molecule has 2 aromatic heterocycles. The monoisotopic (exact) mass is 233 g/mol. The van der Waals surface area contributed by atoms with Crippen LogP contribution in [0, 0.1) is 13.8 Å². The number of amides is 1. The van der Waals surface area contributed by atoms with Gasteiger partial charge in [0.2, 0.25) is 5.89 Å². The lowest BCUT2D eigenvalue weighted by Crippen LogP contribution is -2.15. The largest absolute Gasteiger partial charge is 0.408 e. The predicted octanol–water partition coefficient (Wildman–Crippen LogP) is 0.916. The number of aromatic nitrogens is 3. The number of carbonyl (C=O) groups excluding carboxylic acids is 1. The molecule has 7 nitrogen and oxygen atoms in total. The number of aryl methyl sites for hydroxylation is 2.